The summed E-state index contributed by atoms with van der Waals surface area (Å²) >= 11 is 11.6. The third kappa shape index (κ3) is 4.77. The van der Waals surface area contributed by atoms with Gasteiger partial charge in [0.1, 0.15) is 24.3 Å². The van der Waals surface area contributed by atoms with Crippen molar-refractivity contribution in [2.24, 2.45) is 0 Å². The van der Waals surface area contributed by atoms with Gasteiger partial charge in [0.05, 0.1) is 10.7 Å². The van der Waals surface area contributed by atoms with E-state index in [1.807, 2.05) is 0 Å². The number of aliphatic hydroxyl groups excluding tert-OH is 1. The van der Waals surface area contributed by atoms with Gasteiger partial charge in [-0.1, -0.05) is 35.3 Å². The van der Waals surface area contributed by atoms with Crippen LogP contribution >= 0.6 is 23.2 Å². The van der Waals surface area contributed by atoms with Crippen molar-refractivity contribution in [3.63, 3.8) is 0 Å². The van der Waals surface area contributed by atoms with E-state index in [0.29, 0.717) is 15.8 Å². The molecule has 0 saturated carbocycles. The minimum atomic E-state index is -0.809. The van der Waals surface area contributed by atoms with Gasteiger partial charge in [0, 0.05) is 11.6 Å². The van der Waals surface area contributed by atoms with Crippen molar-refractivity contribution in [1.29, 1.82) is 0 Å². The Hall–Kier alpha value is -1.49. The van der Waals surface area contributed by atoms with Crippen LogP contribution in [0.25, 0.3) is 0 Å². The van der Waals surface area contributed by atoms with E-state index in [1.165, 1.54) is 12.1 Å². The highest BCUT2D eigenvalue weighted by Crippen LogP contribution is 2.23. The third-order valence-corrected chi connectivity index (χ3v) is 3.27. The molecule has 0 aliphatic heterocycles. The van der Waals surface area contributed by atoms with Crippen LogP contribution in [0.2, 0.25) is 10.0 Å². The summed E-state index contributed by atoms with van der Waals surface area (Å²) in [7, 11) is 0. The van der Waals surface area contributed by atoms with Crippen molar-refractivity contribution in [2.75, 3.05) is 18.5 Å². The monoisotopic (exact) mass is 329 g/mol. The summed E-state index contributed by atoms with van der Waals surface area (Å²) in [6.45, 7) is 0.189. The van der Waals surface area contributed by atoms with E-state index >= 15 is 0 Å². The zero-order valence-electron chi connectivity index (χ0n) is 11.0. The summed E-state index contributed by atoms with van der Waals surface area (Å²) in [6.07, 6.45) is -0.809. The molecular formula is C15H14Cl2FNO2. The van der Waals surface area contributed by atoms with Crippen LogP contribution < -0.4 is 10.1 Å². The zero-order valence-corrected chi connectivity index (χ0v) is 12.5. The minimum absolute atomic E-state index is 0.0476. The number of rotatable bonds is 6. The van der Waals surface area contributed by atoms with Crippen LogP contribution in [0.1, 0.15) is 0 Å². The molecule has 3 nitrogen and oxygen atoms in total. The Morgan fingerprint density at radius 2 is 1.95 bits per heavy atom. The Bertz CT molecular complexity index is 610. The largest absolute Gasteiger partial charge is 0.489 e. The molecule has 2 rings (SSSR count). The molecule has 0 heterocycles. The minimum Gasteiger partial charge on any atom is -0.489 e. The topological polar surface area (TPSA) is 41.5 Å². The molecule has 1 atom stereocenters. The molecule has 112 valence electrons. The van der Waals surface area contributed by atoms with E-state index in [-0.39, 0.29) is 18.8 Å². The molecule has 0 saturated heterocycles. The van der Waals surface area contributed by atoms with E-state index in [2.05, 4.69) is 5.32 Å². The quantitative estimate of drug-likeness (QED) is 0.842. The maximum Gasteiger partial charge on any atom is 0.147 e. The fourth-order valence-electron chi connectivity index (χ4n) is 1.67. The number of benzene rings is 2. The van der Waals surface area contributed by atoms with Gasteiger partial charge in [-0.2, -0.15) is 0 Å². The lowest BCUT2D eigenvalue weighted by molar-refractivity contribution is 0.117. The summed E-state index contributed by atoms with van der Waals surface area (Å²) in [6, 6.07) is 11.3. The van der Waals surface area contributed by atoms with E-state index in [9.17, 15) is 9.50 Å². The lowest BCUT2D eigenvalue weighted by Crippen LogP contribution is -2.26. The van der Waals surface area contributed by atoms with Gasteiger partial charge < -0.3 is 15.2 Å². The van der Waals surface area contributed by atoms with Gasteiger partial charge in [0.2, 0.25) is 0 Å². The molecule has 0 fully saturated rings. The summed E-state index contributed by atoms with van der Waals surface area (Å²) in [4.78, 5) is 0. The first kappa shape index (κ1) is 15.9. The number of nitrogens with one attached hydrogen (secondary N) is 1. The normalized spacial score (nSPS) is 12.0. The fourth-order valence-corrected chi connectivity index (χ4v) is 2.02. The highest BCUT2D eigenvalue weighted by atomic mass is 35.5. The first-order valence-electron chi connectivity index (χ1n) is 6.30. The fraction of sp³-hybridized carbons (Fsp3) is 0.200. The number of para-hydroxylation sites is 1. The predicted molar refractivity (Wildman–Crippen MR) is 82.9 cm³/mol. The number of anilines is 1. The van der Waals surface area contributed by atoms with Crippen molar-refractivity contribution in [1.82, 2.24) is 0 Å². The summed E-state index contributed by atoms with van der Waals surface area (Å²) < 4.78 is 18.9. The maximum atomic E-state index is 13.5. The van der Waals surface area contributed by atoms with Crippen molar-refractivity contribution in [3.05, 3.63) is 58.3 Å². The Kier molecular flexibility index (Phi) is 5.67. The van der Waals surface area contributed by atoms with Crippen LogP contribution in [-0.4, -0.2) is 24.4 Å². The second kappa shape index (κ2) is 7.50. The van der Waals surface area contributed by atoms with Crippen molar-refractivity contribution in [3.8, 4) is 5.75 Å². The lowest BCUT2D eigenvalue weighted by Gasteiger charge is -2.15. The first-order chi connectivity index (χ1) is 10.1. The molecule has 0 aliphatic rings. The molecule has 1 unspecified atom stereocenters. The van der Waals surface area contributed by atoms with Crippen molar-refractivity contribution < 1.29 is 14.2 Å². The second-order valence-corrected chi connectivity index (χ2v) is 5.24. The highest BCUT2D eigenvalue weighted by Gasteiger charge is 2.09. The van der Waals surface area contributed by atoms with Gasteiger partial charge in [-0.05, 0) is 30.3 Å². The third-order valence-electron chi connectivity index (χ3n) is 2.73. The van der Waals surface area contributed by atoms with E-state index in [1.54, 1.807) is 30.3 Å². The number of hydrogen-bond donors (Lipinski definition) is 2. The highest BCUT2D eigenvalue weighted by molar-refractivity contribution is 6.32. The molecule has 2 aromatic carbocycles. The van der Waals surface area contributed by atoms with E-state index in [4.69, 9.17) is 27.9 Å². The van der Waals surface area contributed by atoms with Crippen LogP contribution in [0.4, 0.5) is 10.1 Å². The molecule has 2 aromatic rings. The van der Waals surface area contributed by atoms with Crippen LogP contribution in [0.5, 0.6) is 5.75 Å². The van der Waals surface area contributed by atoms with Gasteiger partial charge >= 0.3 is 0 Å². The Balaban J connectivity index is 1.82. The molecule has 0 bridgehead atoms. The van der Waals surface area contributed by atoms with Gasteiger partial charge in [-0.3, -0.25) is 0 Å². The second-order valence-electron chi connectivity index (χ2n) is 4.40. The molecule has 0 radical (unpaired) electrons. The van der Waals surface area contributed by atoms with E-state index < -0.39 is 11.9 Å². The van der Waals surface area contributed by atoms with Gasteiger partial charge in [-0.15, -0.1) is 0 Å². The molecule has 6 heteroatoms. The van der Waals surface area contributed by atoms with Crippen LogP contribution in [-0.2, 0) is 0 Å². The lowest BCUT2D eigenvalue weighted by atomic mass is 10.3. The average Bonchev–Trinajstić information content (AvgIpc) is 2.45. The summed E-state index contributed by atoms with van der Waals surface area (Å²) in [5, 5.41) is 13.4. The number of halogens is 3. The number of aliphatic hydroxyl groups is 1. The van der Waals surface area contributed by atoms with Crippen LogP contribution in [0.3, 0.4) is 0 Å². The molecule has 0 aromatic heterocycles. The van der Waals surface area contributed by atoms with Gasteiger partial charge in [0.15, 0.2) is 0 Å². The van der Waals surface area contributed by atoms with Crippen molar-refractivity contribution >= 4 is 28.9 Å². The average molecular weight is 330 g/mol. The van der Waals surface area contributed by atoms with E-state index in [0.717, 1.165) is 0 Å². The molecule has 2 N–H and O–H groups in total. The number of hydrogen-bond acceptors (Lipinski definition) is 3. The zero-order chi connectivity index (χ0) is 15.2. The molecule has 0 amide bonds. The predicted octanol–water partition coefficient (Wildman–Crippen LogP) is 3.98. The summed E-state index contributed by atoms with van der Waals surface area (Å²) in [5.41, 5.74) is 0.274. The molecule has 21 heavy (non-hydrogen) atoms. The van der Waals surface area contributed by atoms with Gasteiger partial charge in [0.25, 0.3) is 0 Å². The van der Waals surface area contributed by atoms with Crippen LogP contribution in [0.15, 0.2) is 42.5 Å². The van der Waals surface area contributed by atoms with Crippen LogP contribution in [0, 0.1) is 5.82 Å². The first-order valence-corrected chi connectivity index (χ1v) is 7.06. The Morgan fingerprint density at radius 3 is 2.67 bits per heavy atom. The molecule has 0 spiro atoms. The number of ether oxygens (including phenoxy) is 1. The molecular weight excluding hydrogens is 316 g/mol. The summed E-state index contributed by atoms with van der Waals surface area (Å²) in [5.74, 6) is 0.0256. The Morgan fingerprint density at radius 1 is 1.19 bits per heavy atom. The molecule has 0 aliphatic carbocycles. The standard InChI is InChI=1S/C15H14Cl2FNO2/c16-10-5-6-14(13(18)7-10)19-8-11(20)9-21-15-4-2-1-3-12(15)17/h1-7,11,19-20H,8-9H2. The SMILES string of the molecule is OC(CNc1ccc(Cl)cc1F)COc1ccccc1Cl. The van der Waals surface area contributed by atoms with Crippen molar-refractivity contribution in [2.45, 2.75) is 6.10 Å². The van der Waals surface area contributed by atoms with Gasteiger partial charge in [-0.25, -0.2) is 4.39 Å². The smallest absolute Gasteiger partial charge is 0.147 e. The Labute approximate surface area is 132 Å². The maximum absolute atomic E-state index is 13.5.